The largest absolute Gasteiger partial charge is 0.489 e. The van der Waals surface area contributed by atoms with Crippen molar-refractivity contribution < 1.29 is 56.0 Å². The van der Waals surface area contributed by atoms with Gasteiger partial charge in [-0.1, -0.05) is 45.0 Å². The molecule has 1 spiro atoms. The van der Waals surface area contributed by atoms with Crippen molar-refractivity contribution in [2.45, 2.75) is 132 Å². The number of phosphoric acid groups is 1. The Labute approximate surface area is 465 Å². The number of fused-ring (bicyclic) bond motifs is 4. The number of carbonyl (C=O) groups is 1. The number of H-pyrrole nitrogens is 1. The molecule has 428 valence electrons. The van der Waals surface area contributed by atoms with Gasteiger partial charge in [-0.25, -0.2) is 17.7 Å². The zero-order chi connectivity index (χ0) is 55.9. The molecule has 12 rings (SSSR count). The summed E-state index contributed by atoms with van der Waals surface area (Å²) in [6, 6.07) is 20.2. The number of sulfonamides is 1. The van der Waals surface area contributed by atoms with Crippen LogP contribution in [0.4, 0.5) is 28.4 Å². The maximum atomic E-state index is 14.9. The molecule has 1 amide bonds. The van der Waals surface area contributed by atoms with E-state index in [1.54, 1.807) is 19.2 Å². The fraction of sp³-hybridized carbons (Fsp3) is 0.544. The highest BCUT2D eigenvalue weighted by Crippen LogP contribution is 2.58. The summed E-state index contributed by atoms with van der Waals surface area (Å²) in [5.41, 5.74) is 3.94. The van der Waals surface area contributed by atoms with Gasteiger partial charge in [0, 0.05) is 68.3 Å². The molecule has 23 heteroatoms. The van der Waals surface area contributed by atoms with Crippen LogP contribution in [0.3, 0.4) is 0 Å². The van der Waals surface area contributed by atoms with Crippen molar-refractivity contribution in [2.75, 3.05) is 67.8 Å². The standard InChI is InChI=1S/C57H71N8O13PS/c1-34(2)40-8-5-6-9-41(40)49-32-74-24-7-21-63(49)48-30-57(35(48)3)18-22-62(23-19-57)38-10-11-42(45(27-38)64-44-15-25-75-33-51(44)77-55-47(64)26-37-14-20-58-53(37)60-55)54(66)61-80(72,73)39-28-46(65(67)68)52-50(29-39)76-31-43(59-52)36-12-16-56(4,17-13-36)78-79(69,70)71/h5-6,8-11,14,20,26-29,34-36,43-44,48-49,51,59H,7,12-13,15-19,21-25,30-33H2,1-4H3,(H,58,60)(H,61,66)(H2,69,70,71)/t35-,36?,43-,44+,48-,49+,51+,56?/m1/s1. The quantitative estimate of drug-likeness (QED) is 0.0443. The van der Waals surface area contributed by atoms with Crippen LogP contribution in [0.2, 0.25) is 0 Å². The second kappa shape index (κ2) is 21.2. The number of nitrogens with one attached hydrogen (secondary N) is 3. The van der Waals surface area contributed by atoms with Crippen LogP contribution in [-0.2, 0) is 28.6 Å². The van der Waals surface area contributed by atoms with Gasteiger partial charge in [0.05, 0.1) is 58.0 Å². The van der Waals surface area contributed by atoms with Crippen LogP contribution < -0.4 is 29.3 Å². The van der Waals surface area contributed by atoms with E-state index in [1.807, 2.05) is 24.3 Å². The number of anilines is 4. The number of phosphoric ester groups is 1. The minimum absolute atomic E-state index is 0.00374. The Hall–Kier alpha value is -5.84. The van der Waals surface area contributed by atoms with Gasteiger partial charge in [-0.2, -0.15) is 4.98 Å². The van der Waals surface area contributed by atoms with Gasteiger partial charge < -0.3 is 48.8 Å². The Balaban J connectivity index is 0.823. The van der Waals surface area contributed by atoms with E-state index in [4.69, 9.17) is 28.5 Å². The predicted octanol–water partition coefficient (Wildman–Crippen LogP) is 9.09. The first-order valence-corrected chi connectivity index (χ1v) is 31.2. The van der Waals surface area contributed by atoms with E-state index >= 15 is 0 Å². The zero-order valence-corrected chi connectivity index (χ0v) is 47.3. The molecule has 3 aromatic carbocycles. The number of amides is 1. The van der Waals surface area contributed by atoms with Crippen LogP contribution >= 0.6 is 7.82 Å². The third-order valence-electron chi connectivity index (χ3n) is 18.7. The van der Waals surface area contributed by atoms with Crippen molar-refractivity contribution in [1.82, 2.24) is 19.6 Å². The number of ether oxygens (including phenoxy) is 4. The van der Waals surface area contributed by atoms with E-state index in [0.29, 0.717) is 86.1 Å². The average molecular weight is 1140 g/mol. The zero-order valence-electron chi connectivity index (χ0n) is 45.5. The summed E-state index contributed by atoms with van der Waals surface area (Å²) >= 11 is 0. The molecule has 0 bridgehead atoms. The highest BCUT2D eigenvalue weighted by molar-refractivity contribution is 7.90. The highest BCUT2D eigenvalue weighted by Gasteiger charge is 2.55. The summed E-state index contributed by atoms with van der Waals surface area (Å²) in [7, 11) is -9.52. The van der Waals surface area contributed by atoms with Crippen molar-refractivity contribution in [1.29, 1.82) is 0 Å². The predicted molar refractivity (Wildman–Crippen MR) is 299 cm³/mol. The second-order valence-electron chi connectivity index (χ2n) is 23.7. The lowest BCUT2D eigenvalue weighted by Crippen LogP contribution is -2.62. The first-order valence-electron chi connectivity index (χ1n) is 28.2. The minimum atomic E-state index is -4.79. The number of benzene rings is 3. The van der Waals surface area contributed by atoms with Crippen LogP contribution in [-0.4, -0.2) is 126 Å². The Morgan fingerprint density at radius 2 is 1.73 bits per heavy atom. The maximum absolute atomic E-state index is 14.9. The molecule has 0 unspecified atom stereocenters. The van der Waals surface area contributed by atoms with Crippen LogP contribution in [0.1, 0.15) is 119 Å². The molecule has 6 atom stereocenters. The number of piperidine rings is 1. The SMILES string of the molecule is CC(C)c1ccccc1[C@@H]1COCCCN1[C@@H]1CC2(CCN(c3ccc(C(=O)NS(=O)(=O)c4cc5c(c([N+](=O)[O-])c4)N[C@@H](C4CCC(C)(OP(=O)(O)O)CC4)CO5)c(N4c5cc6cc[nH]c6nc5O[C@H]5COCC[C@@H]54)c3)CC2)[C@@H]1C. The fourth-order valence-corrected chi connectivity index (χ4v) is 16.0. The summed E-state index contributed by atoms with van der Waals surface area (Å²) in [4.78, 5) is 60.5. The van der Waals surface area contributed by atoms with Crippen molar-refractivity contribution in [3.8, 4) is 11.6 Å². The summed E-state index contributed by atoms with van der Waals surface area (Å²) < 4.78 is 72.8. The molecule has 21 nitrogen and oxygen atoms in total. The number of nitro groups is 1. The number of carbonyl (C=O) groups excluding carboxylic acids is 1. The molecule has 5 fully saturated rings. The Morgan fingerprint density at radius 3 is 2.48 bits per heavy atom. The third kappa shape index (κ3) is 10.3. The number of aromatic nitrogens is 2. The lowest BCUT2D eigenvalue weighted by molar-refractivity contribution is -0.384. The van der Waals surface area contributed by atoms with Crippen LogP contribution in [0.5, 0.6) is 11.6 Å². The Kier molecular flexibility index (Phi) is 14.5. The number of rotatable bonds is 12. The Bertz CT molecular complexity index is 3360. The molecule has 7 heterocycles. The van der Waals surface area contributed by atoms with Gasteiger partial charge >= 0.3 is 7.82 Å². The van der Waals surface area contributed by atoms with Gasteiger partial charge in [0.15, 0.2) is 11.4 Å². The monoisotopic (exact) mass is 1140 g/mol. The van der Waals surface area contributed by atoms with Crippen LogP contribution in [0, 0.1) is 27.4 Å². The number of hydrogen-bond donors (Lipinski definition) is 5. The molecular formula is C57H71N8O13PS. The van der Waals surface area contributed by atoms with Gasteiger partial charge in [0.25, 0.3) is 21.6 Å². The molecule has 3 saturated heterocycles. The third-order valence-corrected chi connectivity index (χ3v) is 20.7. The average Bonchev–Trinajstić information content (AvgIpc) is 3.93. The fourth-order valence-electron chi connectivity index (χ4n) is 14.2. The number of hydrogen-bond acceptors (Lipinski definition) is 16. The molecule has 2 aliphatic carbocycles. The van der Waals surface area contributed by atoms with E-state index in [-0.39, 0.29) is 53.6 Å². The summed E-state index contributed by atoms with van der Waals surface area (Å²) in [6.45, 7) is 13.4. The number of nitrogens with zero attached hydrogens (tertiary/aromatic N) is 5. The molecular weight excluding hydrogens is 1070 g/mol. The Morgan fingerprint density at radius 1 is 0.950 bits per heavy atom. The minimum Gasteiger partial charge on any atom is -0.489 e. The summed E-state index contributed by atoms with van der Waals surface area (Å²) in [5.74, 6) is 0.0999. The molecule has 5 aromatic rings. The van der Waals surface area contributed by atoms with Crippen molar-refractivity contribution >= 4 is 63.2 Å². The molecule has 5 N–H and O–H groups in total. The first kappa shape index (κ1) is 54.7. The van der Waals surface area contributed by atoms with Gasteiger partial charge in [0.2, 0.25) is 5.88 Å². The van der Waals surface area contributed by atoms with Gasteiger partial charge in [-0.3, -0.25) is 24.3 Å². The number of nitro benzene ring substituents is 1. The number of pyridine rings is 1. The van der Waals surface area contributed by atoms with E-state index < -0.39 is 57.0 Å². The second-order valence-corrected chi connectivity index (χ2v) is 26.5. The van der Waals surface area contributed by atoms with Crippen molar-refractivity contribution in [3.63, 3.8) is 0 Å². The van der Waals surface area contributed by atoms with Crippen LogP contribution in [0.25, 0.3) is 11.0 Å². The highest BCUT2D eigenvalue weighted by atomic mass is 32.2. The molecule has 2 aromatic heterocycles. The first-order chi connectivity index (χ1) is 38.3. The number of aromatic amines is 1. The van der Waals surface area contributed by atoms with Gasteiger partial charge in [-0.05, 0) is 129 Å². The summed E-state index contributed by atoms with van der Waals surface area (Å²) in [5, 5.41) is 16.7. The van der Waals surface area contributed by atoms with Crippen LogP contribution in [0.15, 0.2) is 77.8 Å². The lowest BCUT2D eigenvalue weighted by atomic mass is 9.53. The van der Waals surface area contributed by atoms with Crippen molar-refractivity contribution in [2.24, 2.45) is 17.3 Å². The normalized spacial score (nSPS) is 27.9. The molecule has 7 aliphatic rings. The topological polar surface area (TPSA) is 260 Å². The van der Waals surface area contributed by atoms with E-state index in [1.165, 1.54) is 17.2 Å². The molecule has 80 heavy (non-hydrogen) atoms. The van der Waals surface area contributed by atoms with Gasteiger partial charge in [0.1, 0.15) is 24.0 Å². The molecule has 5 aliphatic heterocycles. The smallest absolute Gasteiger partial charge is 0.470 e. The summed E-state index contributed by atoms with van der Waals surface area (Å²) in [6.07, 6.45) is 7.59. The van der Waals surface area contributed by atoms with E-state index in [9.17, 15) is 37.7 Å². The molecule has 2 saturated carbocycles. The van der Waals surface area contributed by atoms with E-state index in [2.05, 4.69) is 74.8 Å². The van der Waals surface area contributed by atoms with Crippen molar-refractivity contribution in [3.05, 3.63) is 99.7 Å². The molecule has 0 radical (unpaired) electrons. The maximum Gasteiger partial charge on any atom is 0.470 e. The van der Waals surface area contributed by atoms with Gasteiger partial charge in [-0.15, -0.1) is 0 Å². The van der Waals surface area contributed by atoms with E-state index in [0.717, 1.165) is 69.1 Å². The lowest BCUT2D eigenvalue weighted by Gasteiger charge is -2.61.